The predicted molar refractivity (Wildman–Crippen MR) is 132 cm³/mol. The molecular weight excluding hydrogens is 448 g/mol. The van der Waals surface area contributed by atoms with E-state index in [1.54, 1.807) is 17.3 Å². The number of aromatic nitrogens is 4. The molecule has 0 bridgehead atoms. The molecule has 1 N–H and O–H groups in total. The minimum Gasteiger partial charge on any atom is -0.324 e. The number of carbonyl (C=O) groups excluding carboxylic acids is 2. The van der Waals surface area contributed by atoms with Crippen LogP contribution in [0.25, 0.3) is 17.1 Å². The van der Waals surface area contributed by atoms with E-state index in [9.17, 15) is 9.59 Å². The molecule has 0 radical (unpaired) electrons. The number of para-hydroxylation sites is 3. The maximum atomic E-state index is 13.4. The van der Waals surface area contributed by atoms with Gasteiger partial charge < -0.3 is 10.2 Å². The lowest BCUT2D eigenvalue weighted by molar-refractivity contribution is -0.117. The van der Waals surface area contributed by atoms with E-state index in [0.717, 1.165) is 11.3 Å². The summed E-state index contributed by atoms with van der Waals surface area (Å²) in [5, 5.41) is 12.3. The molecule has 4 aromatic rings. The van der Waals surface area contributed by atoms with Crippen molar-refractivity contribution in [3.8, 4) is 17.1 Å². The highest BCUT2D eigenvalue weighted by atomic mass is 32.2. The van der Waals surface area contributed by atoms with Crippen LogP contribution in [0.1, 0.15) is 13.3 Å². The largest absolute Gasteiger partial charge is 0.324 e. The van der Waals surface area contributed by atoms with Crippen LogP contribution in [0.3, 0.4) is 0 Å². The summed E-state index contributed by atoms with van der Waals surface area (Å²) in [4.78, 5) is 31.5. The van der Waals surface area contributed by atoms with Gasteiger partial charge in [-0.2, -0.15) is 0 Å². The highest BCUT2D eigenvalue weighted by Crippen LogP contribution is 2.33. The van der Waals surface area contributed by atoms with Crippen molar-refractivity contribution in [2.75, 3.05) is 16.0 Å². The fraction of sp³-hybridized carbons (Fsp3) is 0.160. The van der Waals surface area contributed by atoms with Gasteiger partial charge in [0.15, 0.2) is 11.0 Å². The Morgan fingerprint density at radius 2 is 1.76 bits per heavy atom. The first kappa shape index (κ1) is 21.8. The first-order chi connectivity index (χ1) is 16.6. The Kier molecular flexibility index (Phi) is 6.09. The minimum absolute atomic E-state index is 0.102. The molecular formula is C25H22N6O2S. The van der Waals surface area contributed by atoms with Crippen LogP contribution in [0.5, 0.6) is 0 Å². The molecule has 8 nitrogen and oxygen atoms in total. The van der Waals surface area contributed by atoms with Gasteiger partial charge in [0.25, 0.3) is 0 Å². The zero-order chi connectivity index (χ0) is 23.5. The summed E-state index contributed by atoms with van der Waals surface area (Å²) < 4.78 is 1.94. The Hall–Kier alpha value is -3.98. The van der Waals surface area contributed by atoms with E-state index in [1.165, 1.54) is 11.8 Å². The third-order valence-electron chi connectivity index (χ3n) is 5.54. The summed E-state index contributed by atoms with van der Waals surface area (Å²) in [5.74, 6) is 0.615. The first-order valence-electron chi connectivity index (χ1n) is 10.9. The average Bonchev–Trinajstić information content (AvgIpc) is 3.23. The topological polar surface area (TPSA) is 93.0 Å². The first-order valence-corrected chi connectivity index (χ1v) is 11.9. The Balaban J connectivity index is 1.45. The van der Waals surface area contributed by atoms with Gasteiger partial charge in [-0.05, 0) is 43.3 Å². The van der Waals surface area contributed by atoms with E-state index < -0.39 is 0 Å². The maximum absolute atomic E-state index is 13.4. The van der Waals surface area contributed by atoms with Crippen molar-refractivity contribution in [1.29, 1.82) is 0 Å². The van der Waals surface area contributed by atoms with E-state index in [-0.39, 0.29) is 30.0 Å². The summed E-state index contributed by atoms with van der Waals surface area (Å²) in [6.07, 6.45) is 3.66. The normalized spacial score (nSPS) is 15.4. The number of hydrogen-bond acceptors (Lipinski definition) is 6. The summed E-state index contributed by atoms with van der Waals surface area (Å²) in [6.45, 7) is 1.89. The number of nitrogens with zero attached hydrogens (tertiary/aromatic N) is 5. The second kappa shape index (κ2) is 9.48. The van der Waals surface area contributed by atoms with Gasteiger partial charge in [-0.3, -0.25) is 19.1 Å². The highest BCUT2D eigenvalue weighted by Gasteiger charge is 2.30. The van der Waals surface area contributed by atoms with Crippen LogP contribution in [0.2, 0.25) is 0 Å². The van der Waals surface area contributed by atoms with E-state index >= 15 is 0 Å². The number of carbonyl (C=O) groups is 2. The van der Waals surface area contributed by atoms with Gasteiger partial charge in [-0.15, -0.1) is 10.2 Å². The Morgan fingerprint density at radius 1 is 1.03 bits per heavy atom. The van der Waals surface area contributed by atoms with E-state index in [0.29, 0.717) is 22.4 Å². The molecule has 34 heavy (non-hydrogen) atoms. The van der Waals surface area contributed by atoms with Crippen LogP contribution in [-0.4, -0.2) is 43.4 Å². The van der Waals surface area contributed by atoms with Crippen molar-refractivity contribution in [2.45, 2.75) is 24.5 Å². The zero-order valence-electron chi connectivity index (χ0n) is 18.5. The minimum atomic E-state index is -0.267. The fourth-order valence-electron chi connectivity index (χ4n) is 4.02. The van der Waals surface area contributed by atoms with Gasteiger partial charge >= 0.3 is 0 Å². The summed E-state index contributed by atoms with van der Waals surface area (Å²) in [6, 6.07) is 20.7. The number of nitrogens with one attached hydrogen (secondary N) is 1. The lowest BCUT2D eigenvalue weighted by Crippen LogP contribution is -2.40. The molecule has 5 rings (SSSR count). The molecule has 2 amide bonds. The van der Waals surface area contributed by atoms with Gasteiger partial charge in [0, 0.05) is 36.1 Å². The Bertz CT molecular complexity index is 1330. The number of fused-ring (bicyclic) bond motifs is 1. The van der Waals surface area contributed by atoms with Crippen molar-refractivity contribution in [2.24, 2.45) is 0 Å². The van der Waals surface area contributed by atoms with Gasteiger partial charge in [0.2, 0.25) is 11.8 Å². The number of hydrogen-bond donors (Lipinski definition) is 1. The molecule has 2 aromatic carbocycles. The monoisotopic (exact) mass is 470 g/mol. The fourth-order valence-corrected chi connectivity index (χ4v) is 4.84. The summed E-state index contributed by atoms with van der Waals surface area (Å²) in [5.41, 5.74) is 3.12. The molecule has 1 aliphatic heterocycles. The van der Waals surface area contributed by atoms with Crippen molar-refractivity contribution in [3.63, 3.8) is 0 Å². The Labute approximate surface area is 201 Å². The third kappa shape index (κ3) is 4.29. The molecule has 3 heterocycles. The molecule has 0 aliphatic carbocycles. The van der Waals surface area contributed by atoms with Crippen LogP contribution in [0.4, 0.5) is 11.4 Å². The summed E-state index contributed by atoms with van der Waals surface area (Å²) >= 11 is 1.32. The smallest absolute Gasteiger partial charge is 0.237 e. The molecule has 1 atom stereocenters. The molecule has 0 spiro atoms. The maximum Gasteiger partial charge on any atom is 0.237 e. The number of pyridine rings is 1. The highest BCUT2D eigenvalue weighted by molar-refractivity contribution is 7.99. The number of anilines is 2. The standard InChI is InChI=1S/C25H22N6O2S/c1-17-15-22(32)27-20-9-5-6-10-21(20)30(17)23(33)16-34-25-29-28-24(18-11-13-26-14-12-18)31(25)19-7-3-2-4-8-19/h2-14,17H,15-16H2,1H3,(H,27,32). The van der Waals surface area contributed by atoms with Crippen molar-refractivity contribution < 1.29 is 9.59 Å². The van der Waals surface area contributed by atoms with Crippen molar-refractivity contribution in [1.82, 2.24) is 19.7 Å². The SMILES string of the molecule is CC1CC(=O)Nc2ccccc2N1C(=O)CSc1nnc(-c2ccncc2)n1-c1ccccc1. The van der Waals surface area contributed by atoms with E-state index in [1.807, 2.05) is 78.2 Å². The number of thioether (sulfide) groups is 1. The number of amides is 2. The predicted octanol–water partition coefficient (Wildman–Crippen LogP) is 4.19. The molecule has 0 fully saturated rings. The van der Waals surface area contributed by atoms with Crippen LogP contribution in [-0.2, 0) is 9.59 Å². The molecule has 1 aliphatic rings. The number of benzene rings is 2. The second-order valence-electron chi connectivity index (χ2n) is 7.88. The van der Waals surface area contributed by atoms with Crippen LogP contribution < -0.4 is 10.2 Å². The van der Waals surface area contributed by atoms with Crippen LogP contribution in [0.15, 0.2) is 84.3 Å². The molecule has 9 heteroatoms. The second-order valence-corrected chi connectivity index (χ2v) is 8.83. The molecule has 1 unspecified atom stereocenters. The van der Waals surface area contributed by atoms with Gasteiger partial charge in [0.1, 0.15) is 0 Å². The molecule has 170 valence electrons. The zero-order valence-corrected chi connectivity index (χ0v) is 19.3. The van der Waals surface area contributed by atoms with Gasteiger partial charge in [-0.1, -0.05) is 42.1 Å². The lowest BCUT2D eigenvalue weighted by Gasteiger charge is -2.27. The molecule has 0 saturated carbocycles. The van der Waals surface area contributed by atoms with Crippen LogP contribution in [0, 0.1) is 0 Å². The summed E-state index contributed by atoms with van der Waals surface area (Å²) in [7, 11) is 0. The van der Waals surface area contributed by atoms with Gasteiger partial charge in [0.05, 0.1) is 17.1 Å². The molecule has 2 aromatic heterocycles. The van der Waals surface area contributed by atoms with Crippen molar-refractivity contribution in [3.05, 3.63) is 79.1 Å². The molecule has 0 saturated heterocycles. The Morgan fingerprint density at radius 3 is 2.56 bits per heavy atom. The van der Waals surface area contributed by atoms with E-state index in [2.05, 4.69) is 20.5 Å². The van der Waals surface area contributed by atoms with E-state index in [4.69, 9.17) is 0 Å². The third-order valence-corrected chi connectivity index (χ3v) is 6.45. The number of rotatable bonds is 5. The average molecular weight is 471 g/mol. The van der Waals surface area contributed by atoms with Crippen LogP contribution >= 0.6 is 11.8 Å². The van der Waals surface area contributed by atoms with Crippen molar-refractivity contribution >= 4 is 35.0 Å². The lowest BCUT2D eigenvalue weighted by atomic mass is 10.2. The van der Waals surface area contributed by atoms with Gasteiger partial charge in [-0.25, -0.2) is 0 Å². The quantitative estimate of drug-likeness (QED) is 0.440.